The predicted molar refractivity (Wildman–Crippen MR) is 65.4 cm³/mol. The number of benzene rings is 1. The van der Waals surface area contributed by atoms with E-state index in [1.165, 1.54) is 22.3 Å². The van der Waals surface area contributed by atoms with Crippen LogP contribution in [-0.4, -0.2) is 5.78 Å². The van der Waals surface area contributed by atoms with E-state index in [0.29, 0.717) is 18.6 Å². The summed E-state index contributed by atoms with van der Waals surface area (Å²) < 4.78 is 0. The smallest absolute Gasteiger partial charge is 0.141 e. The van der Waals surface area contributed by atoms with Gasteiger partial charge in [-0.3, -0.25) is 4.79 Å². The van der Waals surface area contributed by atoms with E-state index in [4.69, 9.17) is 6.42 Å². The Hall–Kier alpha value is -1.55. The lowest BCUT2D eigenvalue weighted by Crippen LogP contribution is -2.21. The highest BCUT2D eigenvalue weighted by molar-refractivity contribution is 5.88. The minimum absolute atomic E-state index is 0.0608. The highest BCUT2D eigenvalue weighted by Crippen LogP contribution is 2.34. The Morgan fingerprint density at radius 3 is 2.81 bits per heavy atom. The van der Waals surface area contributed by atoms with Crippen molar-refractivity contribution in [3.63, 3.8) is 0 Å². The molecule has 0 saturated heterocycles. The Labute approximate surface area is 96.9 Å². The van der Waals surface area contributed by atoms with Gasteiger partial charge < -0.3 is 0 Å². The molecule has 0 saturated carbocycles. The van der Waals surface area contributed by atoms with Crippen molar-refractivity contribution in [2.45, 2.75) is 39.0 Å². The number of hydrogen-bond donors (Lipinski definition) is 0. The number of aryl methyl sites for hydroxylation is 3. The van der Waals surface area contributed by atoms with Crippen LogP contribution in [0.5, 0.6) is 0 Å². The van der Waals surface area contributed by atoms with Crippen molar-refractivity contribution >= 4 is 5.78 Å². The molecule has 2 rings (SSSR count). The van der Waals surface area contributed by atoms with Gasteiger partial charge in [0.15, 0.2) is 0 Å². The quantitative estimate of drug-likeness (QED) is 0.654. The lowest BCUT2D eigenvalue weighted by atomic mass is 9.77. The topological polar surface area (TPSA) is 17.1 Å². The molecule has 82 valence electrons. The van der Waals surface area contributed by atoms with E-state index in [1.54, 1.807) is 0 Å². The second-order valence-electron chi connectivity index (χ2n) is 4.58. The summed E-state index contributed by atoms with van der Waals surface area (Å²) in [6, 6.07) is 4.33. The lowest BCUT2D eigenvalue weighted by molar-refractivity contribution is -0.120. The fourth-order valence-corrected chi connectivity index (χ4v) is 2.70. The number of rotatable bonds is 1. The first-order valence-electron chi connectivity index (χ1n) is 5.69. The van der Waals surface area contributed by atoms with Gasteiger partial charge in [0.1, 0.15) is 5.78 Å². The van der Waals surface area contributed by atoms with Gasteiger partial charge in [-0.05, 0) is 37.0 Å². The maximum absolute atomic E-state index is 11.9. The summed E-state index contributed by atoms with van der Waals surface area (Å²) in [7, 11) is 0. The summed E-state index contributed by atoms with van der Waals surface area (Å²) >= 11 is 0. The molecule has 0 aromatic heterocycles. The molecule has 1 unspecified atom stereocenters. The standard InChI is InChI=1S/C15H16O/c1-4-5-13-14(16)7-6-12-9-10(2)8-11(3)15(12)13/h1,8-9,13H,5-7H2,2-3H3. The van der Waals surface area contributed by atoms with E-state index < -0.39 is 0 Å². The summed E-state index contributed by atoms with van der Waals surface area (Å²) in [6.45, 7) is 4.17. The van der Waals surface area contributed by atoms with Crippen LogP contribution in [0.25, 0.3) is 0 Å². The Morgan fingerprint density at radius 2 is 2.12 bits per heavy atom. The number of Topliss-reactive ketones (excluding diaryl/α,β-unsaturated/α-hetero) is 1. The van der Waals surface area contributed by atoms with Gasteiger partial charge in [-0.1, -0.05) is 17.7 Å². The molecule has 0 bridgehead atoms. The molecule has 0 heterocycles. The Kier molecular flexibility index (Phi) is 2.83. The van der Waals surface area contributed by atoms with Crippen LogP contribution in [0.2, 0.25) is 0 Å². The average Bonchev–Trinajstić information content (AvgIpc) is 2.22. The molecule has 1 aliphatic rings. The van der Waals surface area contributed by atoms with Gasteiger partial charge in [-0.15, -0.1) is 12.3 Å². The molecule has 0 fully saturated rings. The first-order chi connectivity index (χ1) is 7.63. The van der Waals surface area contributed by atoms with Crippen LogP contribution in [0.15, 0.2) is 12.1 Å². The monoisotopic (exact) mass is 212 g/mol. The van der Waals surface area contributed by atoms with Crippen molar-refractivity contribution in [2.75, 3.05) is 0 Å². The summed E-state index contributed by atoms with van der Waals surface area (Å²) in [5.74, 6) is 2.87. The summed E-state index contributed by atoms with van der Waals surface area (Å²) in [4.78, 5) is 11.9. The van der Waals surface area contributed by atoms with Crippen LogP contribution >= 0.6 is 0 Å². The van der Waals surface area contributed by atoms with Gasteiger partial charge >= 0.3 is 0 Å². The van der Waals surface area contributed by atoms with Gasteiger partial charge in [0, 0.05) is 12.8 Å². The molecule has 1 aliphatic carbocycles. The van der Waals surface area contributed by atoms with Crippen LogP contribution in [0.3, 0.4) is 0 Å². The number of carbonyl (C=O) groups is 1. The Bertz CT molecular complexity index is 477. The predicted octanol–water partition coefficient (Wildman–Crippen LogP) is 2.93. The van der Waals surface area contributed by atoms with Gasteiger partial charge in [-0.2, -0.15) is 0 Å². The molecule has 1 aromatic carbocycles. The van der Waals surface area contributed by atoms with E-state index in [1.807, 2.05) is 0 Å². The van der Waals surface area contributed by atoms with Crippen molar-refractivity contribution in [3.8, 4) is 12.3 Å². The molecule has 0 radical (unpaired) electrons. The summed E-state index contributed by atoms with van der Waals surface area (Å²) in [5, 5.41) is 0. The van der Waals surface area contributed by atoms with Crippen molar-refractivity contribution in [3.05, 3.63) is 34.4 Å². The SMILES string of the molecule is C#CCC1C(=O)CCc2cc(C)cc(C)c21. The van der Waals surface area contributed by atoms with Gasteiger partial charge in [0.05, 0.1) is 5.92 Å². The molecular formula is C15H16O. The average molecular weight is 212 g/mol. The maximum Gasteiger partial charge on any atom is 0.141 e. The fourth-order valence-electron chi connectivity index (χ4n) is 2.70. The molecule has 1 atom stereocenters. The van der Waals surface area contributed by atoms with Crippen LogP contribution in [-0.2, 0) is 11.2 Å². The largest absolute Gasteiger partial charge is 0.299 e. The minimum Gasteiger partial charge on any atom is -0.299 e. The number of carbonyl (C=O) groups excluding carboxylic acids is 1. The van der Waals surface area contributed by atoms with Crippen LogP contribution in [0.1, 0.15) is 41.0 Å². The highest BCUT2D eigenvalue weighted by Gasteiger charge is 2.28. The van der Waals surface area contributed by atoms with Gasteiger partial charge in [0.2, 0.25) is 0 Å². The van der Waals surface area contributed by atoms with Crippen molar-refractivity contribution < 1.29 is 4.79 Å². The maximum atomic E-state index is 11.9. The third-order valence-corrected chi connectivity index (χ3v) is 3.32. The van der Waals surface area contributed by atoms with Gasteiger partial charge in [0.25, 0.3) is 0 Å². The van der Waals surface area contributed by atoms with E-state index in [2.05, 4.69) is 31.9 Å². The molecule has 16 heavy (non-hydrogen) atoms. The number of hydrogen-bond acceptors (Lipinski definition) is 1. The van der Waals surface area contributed by atoms with E-state index in [9.17, 15) is 4.79 Å². The third-order valence-electron chi connectivity index (χ3n) is 3.32. The number of fused-ring (bicyclic) bond motifs is 1. The zero-order valence-electron chi connectivity index (χ0n) is 9.84. The first-order valence-corrected chi connectivity index (χ1v) is 5.69. The normalized spacial score (nSPS) is 19.1. The van der Waals surface area contributed by atoms with E-state index >= 15 is 0 Å². The van der Waals surface area contributed by atoms with Crippen LogP contribution in [0, 0.1) is 26.2 Å². The van der Waals surface area contributed by atoms with Crippen LogP contribution < -0.4 is 0 Å². The molecule has 0 N–H and O–H groups in total. The molecule has 1 aromatic rings. The van der Waals surface area contributed by atoms with Crippen molar-refractivity contribution in [2.24, 2.45) is 0 Å². The number of terminal acetylenes is 1. The van der Waals surface area contributed by atoms with Crippen LogP contribution in [0.4, 0.5) is 0 Å². The fraction of sp³-hybridized carbons (Fsp3) is 0.400. The highest BCUT2D eigenvalue weighted by atomic mass is 16.1. The van der Waals surface area contributed by atoms with E-state index in [-0.39, 0.29) is 5.92 Å². The lowest BCUT2D eigenvalue weighted by Gasteiger charge is -2.25. The Balaban J connectivity index is 2.55. The summed E-state index contributed by atoms with van der Waals surface area (Å²) in [5.41, 5.74) is 4.99. The molecular weight excluding hydrogens is 196 g/mol. The molecule has 1 nitrogen and oxygen atoms in total. The van der Waals surface area contributed by atoms with Gasteiger partial charge in [-0.25, -0.2) is 0 Å². The Morgan fingerprint density at radius 1 is 1.38 bits per heavy atom. The third kappa shape index (κ3) is 1.76. The number of ketones is 1. The molecule has 0 amide bonds. The second-order valence-corrected chi connectivity index (χ2v) is 4.58. The molecule has 0 spiro atoms. The zero-order valence-corrected chi connectivity index (χ0v) is 9.84. The van der Waals surface area contributed by atoms with Crippen molar-refractivity contribution in [1.82, 2.24) is 0 Å². The zero-order chi connectivity index (χ0) is 11.7. The molecule has 1 heteroatoms. The van der Waals surface area contributed by atoms with Crippen molar-refractivity contribution in [1.29, 1.82) is 0 Å². The molecule has 0 aliphatic heterocycles. The first kappa shape index (κ1) is 11.0. The second kappa shape index (κ2) is 4.14. The minimum atomic E-state index is -0.0608. The van der Waals surface area contributed by atoms with E-state index in [0.717, 1.165) is 6.42 Å². The summed E-state index contributed by atoms with van der Waals surface area (Å²) in [6.07, 6.45) is 7.41.